The number of nitrogens with zero attached hydrogens (tertiary/aromatic N) is 5. The van der Waals surface area contributed by atoms with E-state index in [0.717, 1.165) is 45.2 Å². The normalized spacial score (nSPS) is 19.9. The molecule has 1 aromatic heterocycles. The summed E-state index contributed by atoms with van der Waals surface area (Å²) >= 11 is 6.00. The summed E-state index contributed by atoms with van der Waals surface area (Å²) in [4.78, 5) is 27.1. The summed E-state index contributed by atoms with van der Waals surface area (Å²) in [6.45, 7) is 8.38. The van der Waals surface area contributed by atoms with Crippen LogP contribution in [0.4, 0.5) is 5.82 Å². The third kappa shape index (κ3) is 4.31. The minimum absolute atomic E-state index is 0.198. The third-order valence-electron chi connectivity index (χ3n) is 4.21. The number of carbonyl (C=O) groups is 1. The second-order valence-corrected chi connectivity index (χ2v) is 6.24. The van der Waals surface area contributed by atoms with E-state index in [0.29, 0.717) is 30.6 Å². The van der Waals surface area contributed by atoms with Crippen LogP contribution in [0.5, 0.6) is 0 Å². The number of halogens is 1. The molecule has 1 amide bonds. The number of carbonyl (C=O) groups excluding carboxylic acids is 1. The highest BCUT2D eigenvalue weighted by atomic mass is 35.5. The largest absolute Gasteiger partial charge is 0.379 e. The second kappa shape index (κ2) is 7.42. The zero-order valence-corrected chi connectivity index (χ0v) is 14.1. The molecule has 1 aromatic rings. The van der Waals surface area contributed by atoms with Crippen molar-refractivity contribution in [3.05, 3.63) is 17.0 Å². The van der Waals surface area contributed by atoms with Crippen LogP contribution in [0.15, 0.2) is 6.07 Å². The van der Waals surface area contributed by atoms with Gasteiger partial charge >= 0.3 is 0 Å². The Kier molecular flexibility index (Phi) is 5.30. The van der Waals surface area contributed by atoms with Gasteiger partial charge in [0.1, 0.15) is 16.8 Å². The van der Waals surface area contributed by atoms with Gasteiger partial charge in [-0.3, -0.25) is 9.69 Å². The zero-order valence-electron chi connectivity index (χ0n) is 13.4. The zero-order chi connectivity index (χ0) is 16.2. The van der Waals surface area contributed by atoms with Crippen LogP contribution in [0.1, 0.15) is 5.82 Å². The van der Waals surface area contributed by atoms with Crippen LogP contribution < -0.4 is 4.90 Å². The van der Waals surface area contributed by atoms with Crippen molar-refractivity contribution in [2.24, 2.45) is 0 Å². The van der Waals surface area contributed by atoms with Gasteiger partial charge in [-0.2, -0.15) is 0 Å². The van der Waals surface area contributed by atoms with E-state index in [2.05, 4.69) is 19.8 Å². The average molecular weight is 340 g/mol. The standard InChI is InChI=1S/C15H22ClN5O2/c1-12-17-13(16)10-14(18-12)20-2-4-21(5-3-20)15(22)11-19-6-8-23-9-7-19/h10H,2-9,11H2,1H3. The van der Waals surface area contributed by atoms with Crippen molar-refractivity contribution in [2.75, 3.05) is 63.9 Å². The van der Waals surface area contributed by atoms with E-state index in [4.69, 9.17) is 16.3 Å². The van der Waals surface area contributed by atoms with Gasteiger partial charge in [-0.1, -0.05) is 11.6 Å². The van der Waals surface area contributed by atoms with Gasteiger partial charge in [-0.15, -0.1) is 0 Å². The highest BCUT2D eigenvalue weighted by molar-refractivity contribution is 6.29. The van der Waals surface area contributed by atoms with Gasteiger partial charge < -0.3 is 14.5 Å². The number of aromatic nitrogens is 2. The SMILES string of the molecule is Cc1nc(Cl)cc(N2CCN(C(=O)CN3CCOCC3)CC2)n1. The minimum atomic E-state index is 0.198. The third-order valence-corrected chi connectivity index (χ3v) is 4.41. The first-order valence-corrected chi connectivity index (χ1v) is 8.33. The van der Waals surface area contributed by atoms with E-state index in [1.807, 2.05) is 11.8 Å². The Labute approximate surface area is 141 Å². The number of aryl methyl sites for hydroxylation is 1. The van der Waals surface area contributed by atoms with Gasteiger partial charge in [0.2, 0.25) is 5.91 Å². The lowest BCUT2D eigenvalue weighted by Crippen LogP contribution is -2.52. The van der Waals surface area contributed by atoms with E-state index >= 15 is 0 Å². The van der Waals surface area contributed by atoms with E-state index in [1.165, 1.54) is 0 Å². The molecule has 2 aliphatic heterocycles. The van der Waals surface area contributed by atoms with Gasteiger partial charge in [-0.25, -0.2) is 9.97 Å². The summed E-state index contributed by atoms with van der Waals surface area (Å²) in [5, 5.41) is 0.457. The van der Waals surface area contributed by atoms with Gasteiger partial charge in [0.05, 0.1) is 19.8 Å². The van der Waals surface area contributed by atoms with Crippen LogP contribution in [-0.4, -0.2) is 84.7 Å². The summed E-state index contributed by atoms with van der Waals surface area (Å²) < 4.78 is 5.31. The molecule has 3 rings (SSSR count). The maximum Gasteiger partial charge on any atom is 0.236 e. The smallest absolute Gasteiger partial charge is 0.236 e. The van der Waals surface area contributed by atoms with E-state index in [1.54, 1.807) is 6.07 Å². The van der Waals surface area contributed by atoms with Crippen LogP contribution in [0.25, 0.3) is 0 Å². The topological polar surface area (TPSA) is 61.8 Å². The first kappa shape index (κ1) is 16.4. The van der Waals surface area contributed by atoms with Gasteiger partial charge in [0.15, 0.2) is 0 Å². The van der Waals surface area contributed by atoms with Crippen molar-refractivity contribution in [1.82, 2.24) is 19.8 Å². The van der Waals surface area contributed by atoms with Crippen molar-refractivity contribution >= 4 is 23.3 Å². The Balaban J connectivity index is 1.52. The van der Waals surface area contributed by atoms with Crippen molar-refractivity contribution in [3.63, 3.8) is 0 Å². The van der Waals surface area contributed by atoms with Crippen molar-refractivity contribution in [1.29, 1.82) is 0 Å². The summed E-state index contributed by atoms with van der Waals surface area (Å²) in [5.41, 5.74) is 0. The second-order valence-electron chi connectivity index (χ2n) is 5.85. The number of morpholine rings is 1. The van der Waals surface area contributed by atoms with Crippen LogP contribution in [-0.2, 0) is 9.53 Å². The molecule has 23 heavy (non-hydrogen) atoms. The van der Waals surface area contributed by atoms with Crippen LogP contribution in [0, 0.1) is 6.92 Å². The van der Waals surface area contributed by atoms with Crippen molar-refractivity contribution in [2.45, 2.75) is 6.92 Å². The lowest BCUT2D eigenvalue weighted by molar-refractivity contribution is -0.133. The predicted octanol–water partition coefficient (Wildman–Crippen LogP) is 0.419. The first-order valence-electron chi connectivity index (χ1n) is 7.96. The molecular formula is C15H22ClN5O2. The molecule has 0 saturated carbocycles. The molecule has 0 aromatic carbocycles. The molecule has 0 N–H and O–H groups in total. The lowest BCUT2D eigenvalue weighted by atomic mass is 10.3. The van der Waals surface area contributed by atoms with Crippen molar-refractivity contribution < 1.29 is 9.53 Å². The number of ether oxygens (including phenoxy) is 1. The highest BCUT2D eigenvalue weighted by Gasteiger charge is 2.24. The van der Waals surface area contributed by atoms with Crippen LogP contribution in [0.2, 0.25) is 5.15 Å². The Morgan fingerprint density at radius 1 is 1.17 bits per heavy atom. The molecule has 0 radical (unpaired) electrons. The van der Waals surface area contributed by atoms with Crippen LogP contribution in [0.3, 0.4) is 0 Å². The molecular weight excluding hydrogens is 318 g/mol. The molecule has 2 fully saturated rings. The number of rotatable bonds is 3. The molecule has 7 nitrogen and oxygen atoms in total. The molecule has 0 unspecified atom stereocenters. The summed E-state index contributed by atoms with van der Waals surface area (Å²) in [6, 6.07) is 1.78. The fourth-order valence-corrected chi connectivity index (χ4v) is 3.13. The summed E-state index contributed by atoms with van der Waals surface area (Å²) in [7, 11) is 0. The fraction of sp³-hybridized carbons (Fsp3) is 0.667. The predicted molar refractivity (Wildman–Crippen MR) is 87.8 cm³/mol. The maximum atomic E-state index is 12.4. The number of anilines is 1. The quantitative estimate of drug-likeness (QED) is 0.744. The Morgan fingerprint density at radius 2 is 1.87 bits per heavy atom. The molecule has 2 aliphatic rings. The van der Waals surface area contributed by atoms with E-state index < -0.39 is 0 Å². The molecule has 0 atom stereocenters. The molecule has 8 heteroatoms. The van der Waals surface area contributed by atoms with Crippen molar-refractivity contribution in [3.8, 4) is 0 Å². The molecule has 3 heterocycles. The number of hydrogen-bond donors (Lipinski definition) is 0. The number of hydrogen-bond acceptors (Lipinski definition) is 6. The molecule has 0 spiro atoms. The Bertz CT molecular complexity index is 537. The lowest BCUT2D eigenvalue weighted by Gasteiger charge is -2.36. The first-order chi connectivity index (χ1) is 11.1. The Morgan fingerprint density at radius 3 is 2.52 bits per heavy atom. The van der Waals surface area contributed by atoms with E-state index in [9.17, 15) is 4.79 Å². The highest BCUT2D eigenvalue weighted by Crippen LogP contribution is 2.17. The minimum Gasteiger partial charge on any atom is -0.379 e. The monoisotopic (exact) mass is 339 g/mol. The number of piperazine rings is 1. The van der Waals surface area contributed by atoms with Crippen LogP contribution >= 0.6 is 11.6 Å². The van der Waals surface area contributed by atoms with Gasteiger partial charge in [0, 0.05) is 45.3 Å². The number of amides is 1. The summed E-state index contributed by atoms with van der Waals surface area (Å²) in [5.74, 6) is 1.70. The Hall–Kier alpha value is -1.44. The average Bonchev–Trinajstić information content (AvgIpc) is 2.55. The molecule has 0 aliphatic carbocycles. The van der Waals surface area contributed by atoms with Gasteiger partial charge in [0.25, 0.3) is 0 Å². The summed E-state index contributed by atoms with van der Waals surface area (Å²) in [6.07, 6.45) is 0. The molecule has 126 valence electrons. The van der Waals surface area contributed by atoms with E-state index in [-0.39, 0.29) is 5.91 Å². The maximum absolute atomic E-state index is 12.4. The molecule has 0 bridgehead atoms. The fourth-order valence-electron chi connectivity index (χ4n) is 2.91. The molecule has 2 saturated heterocycles. The van der Waals surface area contributed by atoms with Gasteiger partial charge in [-0.05, 0) is 6.92 Å².